The molecule has 4 rings (SSSR count). The van der Waals surface area contributed by atoms with Crippen LogP contribution in [0.5, 0.6) is 0 Å². The first-order valence-corrected chi connectivity index (χ1v) is 15.7. The normalized spacial score (nSPS) is 11.9. The fraction of sp³-hybridized carbons (Fsp3) is 0.368. The molecule has 4 aromatic rings. The maximum absolute atomic E-state index is 13.6. The number of carboxylic acids is 1. The quantitative estimate of drug-likeness (QED) is 0.131. The number of aliphatic carboxylic acids is 1. The lowest BCUT2D eigenvalue weighted by atomic mass is 9.95. The lowest BCUT2D eigenvalue weighted by Gasteiger charge is -2.21. The van der Waals surface area contributed by atoms with Crippen LogP contribution in [0.3, 0.4) is 0 Å². The molecule has 0 bridgehead atoms. The van der Waals surface area contributed by atoms with Gasteiger partial charge in [0, 0.05) is 41.7 Å². The van der Waals surface area contributed by atoms with Crippen molar-refractivity contribution in [1.29, 1.82) is 0 Å². The molecule has 2 N–H and O–H groups in total. The Labute approximate surface area is 257 Å². The molecule has 0 spiro atoms. The van der Waals surface area contributed by atoms with Gasteiger partial charge in [-0.1, -0.05) is 75.4 Å². The largest absolute Gasteiger partial charge is 0.481 e. The minimum absolute atomic E-state index is 0.00337. The summed E-state index contributed by atoms with van der Waals surface area (Å²) in [6, 6.07) is 29.6. The van der Waals surface area contributed by atoms with Crippen molar-refractivity contribution >= 4 is 17.4 Å². The third-order valence-corrected chi connectivity index (χ3v) is 8.18. The molecule has 0 aliphatic heterocycles. The third-order valence-electron chi connectivity index (χ3n) is 8.18. The van der Waals surface area contributed by atoms with Gasteiger partial charge in [-0.25, -0.2) is 0 Å². The number of benzene rings is 3. The summed E-state index contributed by atoms with van der Waals surface area (Å²) in [4.78, 5) is 24.5. The molecular weight excluding hydrogens is 532 g/mol. The van der Waals surface area contributed by atoms with Crippen LogP contribution in [0.2, 0.25) is 0 Å². The molecule has 0 fully saturated rings. The van der Waals surface area contributed by atoms with Crippen molar-refractivity contribution in [2.24, 2.45) is 13.0 Å². The predicted molar refractivity (Wildman–Crippen MR) is 176 cm³/mol. The summed E-state index contributed by atoms with van der Waals surface area (Å²) in [6.45, 7) is 6.55. The number of anilines is 1. The van der Waals surface area contributed by atoms with E-state index in [1.807, 2.05) is 44.3 Å². The minimum Gasteiger partial charge on any atom is -0.481 e. The van der Waals surface area contributed by atoms with Crippen molar-refractivity contribution < 1.29 is 14.7 Å². The zero-order chi connectivity index (χ0) is 30.8. The lowest BCUT2D eigenvalue weighted by molar-refractivity contribution is -0.137. The van der Waals surface area contributed by atoms with Crippen molar-refractivity contribution in [3.63, 3.8) is 0 Å². The number of ketones is 1. The van der Waals surface area contributed by atoms with Gasteiger partial charge in [-0.05, 0) is 97.9 Å². The molecule has 0 saturated heterocycles. The summed E-state index contributed by atoms with van der Waals surface area (Å²) in [5, 5.41) is 12.8. The standard InChI is InChI=1S/C38H46N2O3/c1-5-36-34(26-33(40(36)4)14-10-16-37(41)42)38(43)31-21-23-32(24-22-31)39-35(15-9-13-28-11-7-6-8-12-28)30-19-17-29(18-20-30)25-27(2)3/h6-8,11-12,17-24,26-27,35,39H,5,9-10,13-16,25H2,1-4H3,(H,41,42). The van der Waals surface area contributed by atoms with Crippen LogP contribution >= 0.6 is 0 Å². The van der Waals surface area contributed by atoms with Crippen LogP contribution in [0.4, 0.5) is 5.69 Å². The van der Waals surface area contributed by atoms with E-state index in [0.29, 0.717) is 29.9 Å². The van der Waals surface area contributed by atoms with Crippen molar-refractivity contribution in [3.8, 4) is 0 Å². The summed E-state index contributed by atoms with van der Waals surface area (Å²) >= 11 is 0. The molecule has 1 heterocycles. The molecule has 5 heteroatoms. The predicted octanol–water partition coefficient (Wildman–Crippen LogP) is 8.60. The Morgan fingerprint density at radius 1 is 0.860 bits per heavy atom. The van der Waals surface area contributed by atoms with E-state index in [1.54, 1.807) is 0 Å². The molecule has 5 nitrogen and oxygen atoms in total. The highest BCUT2D eigenvalue weighted by Gasteiger charge is 2.19. The number of carboxylic acid groups (broad SMARTS) is 1. The van der Waals surface area contributed by atoms with E-state index in [1.165, 1.54) is 16.7 Å². The number of carbonyl (C=O) groups excluding carboxylic acids is 1. The van der Waals surface area contributed by atoms with Gasteiger partial charge in [-0.2, -0.15) is 0 Å². The fourth-order valence-electron chi connectivity index (χ4n) is 5.89. The Bertz CT molecular complexity index is 1470. The van der Waals surface area contributed by atoms with Crippen molar-refractivity contribution in [2.45, 2.75) is 78.2 Å². The van der Waals surface area contributed by atoms with Gasteiger partial charge >= 0.3 is 5.97 Å². The van der Waals surface area contributed by atoms with Gasteiger partial charge < -0.3 is 15.0 Å². The van der Waals surface area contributed by atoms with Gasteiger partial charge in [0.05, 0.1) is 6.04 Å². The molecule has 1 aromatic heterocycles. The van der Waals surface area contributed by atoms with Gasteiger partial charge in [0.2, 0.25) is 0 Å². The van der Waals surface area contributed by atoms with Gasteiger partial charge in [0.15, 0.2) is 5.78 Å². The Hall–Kier alpha value is -4.12. The highest BCUT2D eigenvalue weighted by molar-refractivity contribution is 6.10. The number of rotatable bonds is 16. The fourth-order valence-corrected chi connectivity index (χ4v) is 5.89. The second kappa shape index (κ2) is 15.4. The average Bonchev–Trinajstić information content (AvgIpc) is 3.32. The zero-order valence-electron chi connectivity index (χ0n) is 26.1. The molecule has 1 atom stereocenters. The number of carbonyl (C=O) groups is 2. The molecule has 0 saturated carbocycles. The van der Waals surface area contributed by atoms with Crippen LogP contribution in [-0.2, 0) is 37.5 Å². The van der Waals surface area contributed by atoms with Crippen LogP contribution in [0, 0.1) is 5.92 Å². The first kappa shape index (κ1) is 31.8. The van der Waals surface area contributed by atoms with Gasteiger partial charge in [-0.15, -0.1) is 0 Å². The van der Waals surface area contributed by atoms with Crippen LogP contribution in [-0.4, -0.2) is 21.4 Å². The number of hydrogen-bond acceptors (Lipinski definition) is 3. The molecule has 3 aromatic carbocycles. The summed E-state index contributed by atoms with van der Waals surface area (Å²) in [7, 11) is 1.96. The lowest BCUT2D eigenvalue weighted by Crippen LogP contribution is -2.12. The monoisotopic (exact) mass is 578 g/mol. The molecule has 0 aliphatic carbocycles. The van der Waals surface area contributed by atoms with Crippen molar-refractivity contribution in [1.82, 2.24) is 4.57 Å². The maximum Gasteiger partial charge on any atom is 0.303 e. The number of nitrogens with one attached hydrogen (secondary N) is 1. The Kier molecular flexibility index (Phi) is 11.4. The van der Waals surface area contributed by atoms with E-state index in [4.69, 9.17) is 5.11 Å². The molecule has 0 aliphatic rings. The molecule has 1 unspecified atom stereocenters. The third kappa shape index (κ3) is 8.93. The van der Waals surface area contributed by atoms with E-state index in [-0.39, 0.29) is 18.2 Å². The number of nitrogens with zero attached hydrogens (tertiary/aromatic N) is 1. The Morgan fingerprint density at radius 3 is 2.19 bits per heavy atom. The molecule has 0 radical (unpaired) electrons. The summed E-state index contributed by atoms with van der Waals surface area (Å²) < 4.78 is 2.05. The molecule has 226 valence electrons. The average molecular weight is 579 g/mol. The van der Waals surface area contributed by atoms with Gasteiger partial charge in [0.25, 0.3) is 0 Å². The smallest absolute Gasteiger partial charge is 0.303 e. The molecule has 0 amide bonds. The summed E-state index contributed by atoms with van der Waals surface area (Å²) in [6.07, 6.45) is 6.21. The Morgan fingerprint density at radius 2 is 1.56 bits per heavy atom. The second-order valence-corrected chi connectivity index (χ2v) is 12.0. The van der Waals surface area contributed by atoms with Crippen LogP contribution in [0.25, 0.3) is 0 Å². The van der Waals surface area contributed by atoms with E-state index in [0.717, 1.165) is 49.2 Å². The van der Waals surface area contributed by atoms with Crippen LogP contribution in [0.1, 0.15) is 96.5 Å². The number of aryl methyl sites for hydroxylation is 2. The zero-order valence-corrected chi connectivity index (χ0v) is 26.1. The van der Waals surface area contributed by atoms with Gasteiger partial charge in [0.1, 0.15) is 0 Å². The highest BCUT2D eigenvalue weighted by Crippen LogP contribution is 2.27. The Balaban J connectivity index is 1.49. The minimum atomic E-state index is -0.795. The molecular formula is C38H46N2O3. The number of hydrogen-bond donors (Lipinski definition) is 2. The SMILES string of the molecule is CCc1c(C(=O)c2ccc(NC(CCCc3ccccc3)c3ccc(CC(C)C)cc3)cc2)cc(CCCC(=O)O)n1C. The van der Waals surface area contributed by atoms with Crippen LogP contribution in [0.15, 0.2) is 84.9 Å². The first-order chi connectivity index (χ1) is 20.7. The van der Waals surface area contributed by atoms with Crippen LogP contribution < -0.4 is 5.32 Å². The van der Waals surface area contributed by atoms with Crippen molar-refractivity contribution in [2.75, 3.05) is 5.32 Å². The first-order valence-electron chi connectivity index (χ1n) is 15.7. The summed E-state index contributed by atoms with van der Waals surface area (Å²) in [5.74, 6) is -0.167. The second-order valence-electron chi connectivity index (χ2n) is 12.0. The van der Waals surface area contributed by atoms with E-state index >= 15 is 0 Å². The van der Waals surface area contributed by atoms with E-state index in [2.05, 4.69) is 78.3 Å². The van der Waals surface area contributed by atoms with Gasteiger partial charge in [-0.3, -0.25) is 9.59 Å². The maximum atomic E-state index is 13.6. The van der Waals surface area contributed by atoms with Crippen molar-refractivity contribution in [3.05, 3.63) is 124 Å². The van der Waals surface area contributed by atoms with E-state index in [9.17, 15) is 9.59 Å². The molecule has 43 heavy (non-hydrogen) atoms. The number of aromatic nitrogens is 1. The highest BCUT2D eigenvalue weighted by atomic mass is 16.4. The van der Waals surface area contributed by atoms with E-state index < -0.39 is 5.97 Å². The summed E-state index contributed by atoms with van der Waals surface area (Å²) in [5.41, 5.74) is 8.32. The topological polar surface area (TPSA) is 71.3 Å².